The fourth-order valence-electron chi connectivity index (χ4n) is 1.57. The van der Waals surface area contributed by atoms with Gasteiger partial charge in [0.1, 0.15) is 0 Å². The summed E-state index contributed by atoms with van der Waals surface area (Å²) in [6, 6.07) is 6.94. The molecule has 3 N–H and O–H groups in total. The minimum absolute atomic E-state index is 0.0935. The summed E-state index contributed by atoms with van der Waals surface area (Å²) in [5.74, 6) is -1.11. The molecule has 0 aliphatic carbocycles. The van der Waals surface area contributed by atoms with E-state index in [2.05, 4.69) is 10.6 Å². The molecule has 0 saturated carbocycles. The third kappa shape index (κ3) is 5.71. The number of amides is 2. The second kappa shape index (κ2) is 8.16. The maximum atomic E-state index is 11.6. The van der Waals surface area contributed by atoms with E-state index >= 15 is 0 Å². The molecule has 1 aromatic carbocycles. The minimum atomic E-state index is -1.11. The summed E-state index contributed by atoms with van der Waals surface area (Å²) in [7, 11) is 0. The largest absolute Gasteiger partial charge is 0.479 e. The van der Waals surface area contributed by atoms with Crippen molar-refractivity contribution in [3.8, 4) is 0 Å². The van der Waals surface area contributed by atoms with E-state index in [9.17, 15) is 9.59 Å². The van der Waals surface area contributed by atoms with Crippen molar-refractivity contribution in [3.05, 3.63) is 35.9 Å². The van der Waals surface area contributed by atoms with Gasteiger partial charge in [-0.3, -0.25) is 0 Å². The van der Waals surface area contributed by atoms with E-state index in [1.165, 1.54) is 0 Å². The molecule has 0 aromatic heterocycles. The summed E-state index contributed by atoms with van der Waals surface area (Å²) >= 11 is 0. The van der Waals surface area contributed by atoms with Crippen molar-refractivity contribution in [2.75, 3.05) is 13.2 Å². The van der Waals surface area contributed by atoms with Crippen molar-refractivity contribution in [2.45, 2.75) is 26.0 Å². The van der Waals surface area contributed by atoms with Crippen LogP contribution in [0.15, 0.2) is 30.3 Å². The standard InChI is InChI=1S/C14H20N2O4/c1-10(2)20-9-8-15-14(19)16-12(13(17)18)11-6-4-3-5-7-11/h3-7,10,12H,8-9H2,1-2H3,(H,17,18)(H2,15,16,19)/t12-/m0/s1. The minimum Gasteiger partial charge on any atom is -0.479 e. The average Bonchev–Trinajstić information content (AvgIpc) is 2.41. The lowest BCUT2D eigenvalue weighted by atomic mass is 10.1. The van der Waals surface area contributed by atoms with Crippen molar-refractivity contribution in [1.29, 1.82) is 0 Å². The Bertz CT molecular complexity index is 434. The highest BCUT2D eigenvalue weighted by molar-refractivity contribution is 5.83. The molecule has 1 atom stereocenters. The molecule has 0 bridgehead atoms. The number of urea groups is 1. The summed E-state index contributed by atoms with van der Waals surface area (Å²) in [5, 5.41) is 14.1. The monoisotopic (exact) mass is 280 g/mol. The number of carboxylic acids is 1. The molecule has 0 aliphatic heterocycles. The van der Waals surface area contributed by atoms with Crippen LogP contribution in [0.5, 0.6) is 0 Å². The van der Waals surface area contributed by atoms with Crippen molar-refractivity contribution < 1.29 is 19.4 Å². The lowest BCUT2D eigenvalue weighted by Gasteiger charge is -2.15. The lowest BCUT2D eigenvalue weighted by molar-refractivity contribution is -0.139. The van der Waals surface area contributed by atoms with Gasteiger partial charge in [-0.25, -0.2) is 9.59 Å². The molecule has 0 aliphatic rings. The Hall–Kier alpha value is -2.08. The molecule has 20 heavy (non-hydrogen) atoms. The molecule has 1 aromatic rings. The van der Waals surface area contributed by atoms with Gasteiger partial charge in [0.2, 0.25) is 0 Å². The third-order valence-electron chi connectivity index (χ3n) is 2.49. The summed E-state index contributed by atoms with van der Waals surface area (Å²) < 4.78 is 5.27. The summed E-state index contributed by atoms with van der Waals surface area (Å²) in [5.41, 5.74) is 0.522. The van der Waals surface area contributed by atoms with Crippen LogP contribution < -0.4 is 10.6 Å². The fraction of sp³-hybridized carbons (Fsp3) is 0.429. The number of nitrogens with one attached hydrogen (secondary N) is 2. The molecule has 110 valence electrons. The predicted molar refractivity (Wildman–Crippen MR) is 74.4 cm³/mol. The van der Waals surface area contributed by atoms with E-state index in [1.807, 2.05) is 13.8 Å². The second-order valence-electron chi connectivity index (χ2n) is 4.50. The van der Waals surface area contributed by atoms with Gasteiger partial charge >= 0.3 is 12.0 Å². The molecular formula is C14H20N2O4. The van der Waals surface area contributed by atoms with Gasteiger partial charge in [-0.1, -0.05) is 30.3 Å². The fourth-order valence-corrected chi connectivity index (χ4v) is 1.57. The summed E-state index contributed by atoms with van der Waals surface area (Å²) in [4.78, 5) is 22.8. The van der Waals surface area contributed by atoms with E-state index in [0.29, 0.717) is 18.7 Å². The van der Waals surface area contributed by atoms with Crippen LogP contribution in [0.3, 0.4) is 0 Å². The molecule has 0 spiro atoms. The van der Waals surface area contributed by atoms with Crippen molar-refractivity contribution in [1.82, 2.24) is 10.6 Å². The number of carbonyl (C=O) groups excluding carboxylic acids is 1. The van der Waals surface area contributed by atoms with Crippen molar-refractivity contribution >= 4 is 12.0 Å². The number of hydrogen-bond donors (Lipinski definition) is 3. The first-order valence-corrected chi connectivity index (χ1v) is 6.44. The maximum absolute atomic E-state index is 11.6. The van der Waals surface area contributed by atoms with Gasteiger partial charge in [0.05, 0.1) is 12.7 Å². The molecule has 0 saturated heterocycles. The van der Waals surface area contributed by atoms with Crippen LogP contribution in [0.25, 0.3) is 0 Å². The molecule has 0 heterocycles. The number of rotatable bonds is 7. The van der Waals surface area contributed by atoms with Gasteiger partial charge in [0.25, 0.3) is 0 Å². The van der Waals surface area contributed by atoms with Crippen LogP contribution in [0.1, 0.15) is 25.5 Å². The maximum Gasteiger partial charge on any atom is 0.330 e. The zero-order valence-electron chi connectivity index (χ0n) is 11.6. The van der Waals surface area contributed by atoms with E-state index in [1.54, 1.807) is 30.3 Å². The SMILES string of the molecule is CC(C)OCCNC(=O)N[C@H](C(=O)O)c1ccccc1. The number of carboxylic acid groups (broad SMARTS) is 1. The van der Waals surface area contributed by atoms with Crippen LogP contribution in [0.2, 0.25) is 0 Å². The lowest BCUT2D eigenvalue weighted by Crippen LogP contribution is -2.42. The van der Waals surface area contributed by atoms with Gasteiger partial charge in [-0.2, -0.15) is 0 Å². The predicted octanol–water partition coefficient (Wildman–Crippen LogP) is 1.54. The zero-order chi connectivity index (χ0) is 15.0. The topological polar surface area (TPSA) is 87.7 Å². The van der Waals surface area contributed by atoms with E-state index in [4.69, 9.17) is 9.84 Å². The first kappa shape index (κ1) is 16.0. The quantitative estimate of drug-likeness (QED) is 0.661. The van der Waals surface area contributed by atoms with Crippen LogP contribution in [-0.4, -0.2) is 36.4 Å². The molecule has 0 radical (unpaired) electrons. The van der Waals surface area contributed by atoms with Gasteiger partial charge in [0.15, 0.2) is 6.04 Å². The highest BCUT2D eigenvalue weighted by Crippen LogP contribution is 2.12. The van der Waals surface area contributed by atoms with Crippen LogP contribution in [0, 0.1) is 0 Å². The number of carbonyl (C=O) groups is 2. The van der Waals surface area contributed by atoms with E-state index in [0.717, 1.165) is 0 Å². The van der Waals surface area contributed by atoms with E-state index < -0.39 is 18.0 Å². The summed E-state index contributed by atoms with van der Waals surface area (Å²) in [6.45, 7) is 4.51. The Kier molecular flexibility index (Phi) is 6.52. The Labute approximate surface area is 118 Å². The Morgan fingerprint density at radius 2 is 1.90 bits per heavy atom. The molecule has 6 nitrogen and oxygen atoms in total. The van der Waals surface area contributed by atoms with Crippen molar-refractivity contribution in [3.63, 3.8) is 0 Å². The normalized spacial score (nSPS) is 11.9. The van der Waals surface area contributed by atoms with Gasteiger partial charge in [-0.05, 0) is 19.4 Å². The first-order valence-electron chi connectivity index (χ1n) is 6.44. The van der Waals surface area contributed by atoms with Crippen LogP contribution in [0.4, 0.5) is 4.79 Å². The molecular weight excluding hydrogens is 260 g/mol. The number of ether oxygens (including phenoxy) is 1. The first-order chi connectivity index (χ1) is 9.50. The second-order valence-corrected chi connectivity index (χ2v) is 4.50. The Morgan fingerprint density at radius 3 is 2.45 bits per heavy atom. The number of benzene rings is 1. The third-order valence-corrected chi connectivity index (χ3v) is 2.49. The molecule has 0 unspecified atom stereocenters. The summed E-state index contributed by atoms with van der Waals surface area (Å²) in [6.07, 6.45) is 0.0935. The number of hydrogen-bond acceptors (Lipinski definition) is 3. The Morgan fingerprint density at radius 1 is 1.25 bits per heavy atom. The average molecular weight is 280 g/mol. The van der Waals surface area contributed by atoms with Gasteiger partial charge in [-0.15, -0.1) is 0 Å². The Balaban J connectivity index is 2.46. The highest BCUT2D eigenvalue weighted by atomic mass is 16.5. The molecule has 6 heteroatoms. The van der Waals surface area contributed by atoms with Crippen LogP contribution >= 0.6 is 0 Å². The van der Waals surface area contributed by atoms with Gasteiger partial charge < -0.3 is 20.5 Å². The van der Waals surface area contributed by atoms with Crippen molar-refractivity contribution in [2.24, 2.45) is 0 Å². The molecule has 1 rings (SSSR count). The zero-order valence-corrected chi connectivity index (χ0v) is 11.6. The highest BCUT2D eigenvalue weighted by Gasteiger charge is 2.21. The smallest absolute Gasteiger partial charge is 0.330 e. The van der Waals surface area contributed by atoms with E-state index in [-0.39, 0.29) is 6.10 Å². The molecule has 0 fully saturated rings. The number of aliphatic carboxylic acids is 1. The van der Waals surface area contributed by atoms with Crippen LogP contribution in [-0.2, 0) is 9.53 Å². The van der Waals surface area contributed by atoms with Gasteiger partial charge in [0, 0.05) is 6.54 Å². The molecule has 2 amide bonds.